The zero-order valence-corrected chi connectivity index (χ0v) is 30.1. The van der Waals surface area contributed by atoms with Gasteiger partial charge in [-0.1, -0.05) is 127 Å². The van der Waals surface area contributed by atoms with E-state index >= 15 is 0 Å². The van der Waals surface area contributed by atoms with E-state index in [1.807, 2.05) is 48.7 Å². The third kappa shape index (κ3) is 5.62. The summed E-state index contributed by atoms with van der Waals surface area (Å²) >= 11 is 0. The number of hydrogen-bond acceptors (Lipinski definition) is 5. The maximum absolute atomic E-state index is 5.15. The highest BCUT2D eigenvalue weighted by Gasteiger charge is 2.12. The summed E-state index contributed by atoms with van der Waals surface area (Å²) in [6.07, 6.45) is 1.85. The quantitative estimate of drug-likeness (QED) is 0.166. The Labute approximate surface area is 322 Å². The minimum atomic E-state index is 0.904. The number of rotatable bonds is 5. The molecule has 0 unspecified atom stereocenters. The van der Waals surface area contributed by atoms with Gasteiger partial charge in [0.2, 0.25) is 0 Å². The first kappa shape index (κ1) is 31.9. The minimum absolute atomic E-state index is 0.904. The van der Waals surface area contributed by atoms with Gasteiger partial charge in [0.15, 0.2) is 0 Å². The second kappa shape index (κ2) is 13.0. The summed E-state index contributed by atoms with van der Waals surface area (Å²) in [6.45, 7) is 0. The number of hydrogen-bond donors (Lipinski definition) is 0. The molecular formula is C51H31N5. The molecule has 5 heteroatoms. The lowest BCUT2D eigenvalue weighted by atomic mass is 10.00. The molecule has 5 heterocycles. The van der Waals surface area contributed by atoms with Crippen LogP contribution < -0.4 is 0 Å². The summed E-state index contributed by atoms with van der Waals surface area (Å²) in [4.78, 5) is 24.9. The number of para-hydroxylation sites is 1. The van der Waals surface area contributed by atoms with Crippen molar-refractivity contribution in [3.05, 3.63) is 188 Å². The molecule has 11 aromatic rings. The van der Waals surface area contributed by atoms with Crippen LogP contribution in [0.1, 0.15) is 0 Å². The summed E-state index contributed by atoms with van der Waals surface area (Å²) in [6, 6.07) is 63.2. The molecule has 0 aliphatic heterocycles. The number of fused-ring (bicyclic) bond motifs is 6. The smallest absolute Gasteiger partial charge is 0.0972 e. The van der Waals surface area contributed by atoms with E-state index in [9.17, 15) is 0 Å². The second-order valence-corrected chi connectivity index (χ2v) is 14.1. The van der Waals surface area contributed by atoms with Crippen molar-refractivity contribution >= 4 is 54.5 Å². The van der Waals surface area contributed by atoms with Gasteiger partial charge >= 0.3 is 0 Å². The fourth-order valence-corrected chi connectivity index (χ4v) is 7.74. The van der Waals surface area contributed by atoms with E-state index in [0.29, 0.717) is 0 Å². The van der Waals surface area contributed by atoms with Crippen LogP contribution >= 0.6 is 0 Å². The number of aromatic nitrogens is 5. The van der Waals surface area contributed by atoms with Gasteiger partial charge in [-0.25, -0.2) is 19.9 Å². The Morgan fingerprint density at radius 1 is 0.286 bits per heavy atom. The molecule has 0 atom stereocenters. The summed E-state index contributed by atoms with van der Waals surface area (Å²) in [7, 11) is 0. The van der Waals surface area contributed by atoms with Gasteiger partial charge in [-0.05, 0) is 65.7 Å². The van der Waals surface area contributed by atoms with E-state index < -0.39 is 0 Å². The Balaban J connectivity index is 0.880. The predicted molar refractivity (Wildman–Crippen MR) is 230 cm³/mol. The minimum Gasteiger partial charge on any atom is -0.256 e. The number of pyridine rings is 5. The molecule has 0 spiro atoms. The SMILES string of the molecule is c1ccc(-c2ccc3ccc4ccc(-c5ccc(-c6ccc7cc(-c8ccc9ccc(-c%10ccnc%11ccccc%10%11)nc9c8)ccc7n6)cc5)nc4c3n2)cc1. The first-order chi connectivity index (χ1) is 27.7. The Morgan fingerprint density at radius 2 is 0.804 bits per heavy atom. The summed E-state index contributed by atoms with van der Waals surface area (Å²) in [5.74, 6) is 0. The van der Waals surface area contributed by atoms with Crippen LogP contribution in [0.25, 0.3) is 111 Å². The topological polar surface area (TPSA) is 64.5 Å². The van der Waals surface area contributed by atoms with Gasteiger partial charge in [0, 0.05) is 55.4 Å². The fourth-order valence-electron chi connectivity index (χ4n) is 7.74. The van der Waals surface area contributed by atoms with Crippen molar-refractivity contribution in [1.82, 2.24) is 24.9 Å². The van der Waals surface area contributed by atoms with E-state index in [0.717, 1.165) is 111 Å². The van der Waals surface area contributed by atoms with Gasteiger partial charge in [-0.3, -0.25) is 4.98 Å². The molecule has 0 saturated carbocycles. The van der Waals surface area contributed by atoms with Crippen LogP contribution in [0.3, 0.4) is 0 Å². The zero-order valence-electron chi connectivity index (χ0n) is 30.1. The van der Waals surface area contributed by atoms with Crippen LogP contribution in [-0.2, 0) is 0 Å². The molecule has 5 aromatic heterocycles. The van der Waals surface area contributed by atoms with Crippen molar-refractivity contribution in [3.8, 4) is 56.2 Å². The van der Waals surface area contributed by atoms with Gasteiger partial charge in [0.05, 0.1) is 50.4 Å². The molecular weight excluding hydrogens is 683 g/mol. The van der Waals surface area contributed by atoms with Crippen LogP contribution in [0.4, 0.5) is 0 Å². The molecule has 11 rings (SSSR count). The van der Waals surface area contributed by atoms with Crippen LogP contribution in [0.2, 0.25) is 0 Å². The fraction of sp³-hybridized carbons (Fsp3) is 0. The third-order valence-corrected chi connectivity index (χ3v) is 10.7. The van der Waals surface area contributed by atoms with Crippen LogP contribution in [0.5, 0.6) is 0 Å². The number of benzene rings is 6. The summed E-state index contributed by atoms with van der Waals surface area (Å²) in [5, 5.41) is 5.44. The molecule has 0 aliphatic rings. The average molecular weight is 714 g/mol. The average Bonchev–Trinajstić information content (AvgIpc) is 3.28. The Bertz CT molecular complexity index is 3300. The molecule has 0 bridgehead atoms. The maximum atomic E-state index is 5.15. The highest BCUT2D eigenvalue weighted by Crippen LogP contribution is 2.33. The lowest BCUT2D eigenvalue weighted by Gasteiger charge is -2.10. The predicted octanol–water partition coefficient (Wildman–Crippen LogP) is 12.8. The monoisotopic (exact) mass is 713 g/mol. The van der Waals surface area contributed by atoms with Crippen molar-refractivity contribution in [3.63, 3.8) is 0 Å². The van der Waals surface area contributed by atoms with E-state index in [-0.39, 0.29) is 0 Å². The van der Waals surface area contributed by atoms with Crippen molar-refractivity contribution in [1.29, 1.82) is 0 Å². The lowest BCUT2D eigenvalue weighted by Crippen LogP contribution is -1.91. The van der Waals surface area contributed by atoms with E-state index in [1.54, 1.807) is 0 Å². The Kier molecular flexibility index (Phi) is 7.42. The van der Waals surface area contributed by atoms with Crippen LogP contribution in [-0.4, -0.2) is 24.9 Å². The van der Waals surface area contributed by atoms with Gasteiger partial charge in [-0.15, -0.1) is 0 Å². The first-order valence-electron chi connectivity index (χ1n) is 18.7. The molecule has 0 fully saturated rings. The molecule has 0 N–H and O–H groups in total. The van der Waals surface area contributed by atoms with Crippen LogP contribution in [0.15, 0.2) is 188 Å². The van der Waals surface area contributed by atoms with Gasteiger partial charge in [0.25, 0.3) is 0 Å². The molecule has 6 aromatic carbocycles. The Hall–Kier alpha value is -7.63. The van der Waals surface area contributed by atoms with Crippen LogP contribution in [0, 0.1) is 0 Å². The molecule has 0 amide bonds. The highest BCUT2D eigenvalue weighted by molar-refractivity contribution is 6.04. The summed E-state index contributed by atoms with van der Waals surface area (Å²) in [5.41, 5.74) is 14.9. The summed E-state index contributed by atoms with van der Waals surface area (Å²) < 4.78 is 0. The standard InChI is InChI=1S/C51H31N5/c1-2-6-32(7-3-1)44-23-19-36-15-16-37-20-24-45(56-51(37)50(36)55-44)34-12-10-33(11-13-34)43-26-22-40-30-38(21-25-46(40)53-43)39-17-14-35-18-27-48(54-49(35)31-39)42-28-29-52-47-9-5-4-8-41(42)47/h1-31H. The molecule has 0 radical (unpaired) electrons. The van der Waals surface area contributed by atoms with Crippen molar-refractivity contribution in [2.24, 2.45) is 0 Å². The van der Waals surface area contributed by atoms with Crippen molar-refractivity contribution < 1.29 is 0 Å². The molecule has 260 valence electrons. The maximum Gasteiger partial charge on any atom is 0.0972 e. The normalized spacial score (nSPS) is 11.6. The van der Waals surface area contributed by atoms with E-state index in [1.165, 1.54) is 0 Å². The van der Waals surface area contributed by atoms with E-state index in [4.69, 9.17) is 19.9 Å². The highest BCUT2D eigenvalue weighted by atomic mass is 14.8. The van der Waals surface area contributed by atoms with E-state index in [2.05, 4.69) is 145 Å². The lowest BCUT2D eigenvalue weighted by molar-refractivity contribution is 1.36. The first-order valence-corrected chi connectivity index (χ1v) is 18.7. The Morgan fingerprint density at radius 3 is 1.55 bits per heavy atom. The van der Waals surface area contributed by atoms with Crippen molar-refractivity contribution in [2.45, 2.75) is 0 Å². The number of nitrogens with zero attached hydrogens (tertiary/aromatic N) is 5. The molecule has 56 heavy (non-hydrogen) atoms. The second-order valence-electron chi connectivity index (χ2n) is 14.1. The van der Waals surface area contributed by atoms with Gasteiger partial charge in [0.1, 0.15) is 0 Å². The largest absolute Gasteiger partial charge is 0.256 e. The van der Waals surface area contributed by atoms with Crippen molar-refractivity contribution in [2.75, 3.05) is 0 Å². The third-order valence-electron chi connectivity index (χ3n) is 10.7. The van der Waals surface area contributed by atoms with Gasteiger partial charge < -0.3 is 0 Å². The molecule has 0 saturated heterocycles. The molecule has 5 nitrogen and oxygen atoms in total. The van der Waals surface area contributed by atoms with Gasteiger partial charge in [-0.2, -0.15) is 0 Å². The zero-order chi connectivity index (χ0) is 37.0. The molecule has 0 aliphatic carbocycles.